The van der Waals surface area contributed by atoms with Crippen molar-refractivity contribution in [3.8, 4) is 0 Å². The molecule has 1 aromatic rings. The van der Waals surface area contributed by atoms with E-state index in [1.165, 1.54) is 31.2 Å². The number of halogens is 1. The van der Waals surface area contributed by atoms with E-state index in [9.17, 15) is 0 Å². The summed E-state index contributed by atoms with van der Waals surface area (Å²) in [6, 6.07) is 1.87. The van der Waals surface area contributed by atoms with Crippen LogP contribution >= 0.6 is 11.6 Å². The molecule has 0 unspecified atom stereocenters. The van der Waals surface area contributed by atoms with E-state index in [4.69, 9.17) is 11.6 Å². The maximum atomic E-state index is 6.22. The minimum absolute atomic E-state index is 0.126. The van der Waals surface area contributed by atoms with Crippen LogP contribution < -0.4 is 0 Å². The highest BCUT2D eigenvalue weighted by Gasteiger charge is 2.41. The van der Waals surface area contributed by atoms with Crippen molar-refractivity contribution in [2.24, 2.45) is 4.99 Å². The van der Waals surface area contributed by atoms with E-state index in [0.717, 1.165) is 10.8 Å². The van der Waals surface area contributed by atoms with Crippen molar-refractivity contribution in [2.45, 2.75) is 31.1 Å². The van der Waals surface area contributed by atoms with Crippen molar-refractivity contribution in [2.75, 3.05) is 0 Å². The SMILES string of the molecule is Clc1ccnc2c1C1(C=N2)CCCC1. The third-order valence-electron chi connectivity index (χ3n) is 3.31. The molecule has 0 aromatic carbocycles. The maximum absolute atomic E-state index is 6.22. The molecule has 3 heteroatoms. The van der Waals surface area contributed by atoms with Gasteiger partial charge >= 0.3 is 0 Å². The Morgan fingerprint density at radius 3 is 2.86 bits per heavy atom. The first-order valence-corrected chi connectivity index (χ1v) is 5.40. The second kappa shape index (κ2) is 2.80. The van der Waals surface area contributed by atoms with Crippen LogP contribution in [0.25, 0.3) is 0 Å². The van der Waals surface area contributed by atoms with Crippen molar-refractivity contribution in [3.05, 3.63) is 22.8 Å². The van der Waals surface area contributed by atoms with E-state index < -0.39 is 0 Å². The van der Waals surface area contributed by atoms with Crippen molar-refractivity contribution in [1.82, 2.24) is 4.98 Å². The summed E-state index contributed by atoms with van der Waals surface area (Å²) in [6.07, 6.45) is 8.69. The summed E-state index contributed by atoms with van der Waals surface area (Å²) >= 11 is 6.22. The van der Waals surface area contributed by atoms with E-state index in [-0.39, 0.29) is 5.41 Å². The van der Waals surface area contributed by atoms with Gasteiger partial charge in [-0.3, -0.25) is 0 Å². The zero-order chi connectivity index (χ0) is 9.60. The lowest BCUT2D eigenvalue weighted by Gasteiger charge is -2.21. The summed E-state index contributed by atoms with van der Waals surface area (Å²) in [4.78, 5) is 8.63. The molecule has 2 aliphatic rings. The number of fused-ring (bicyclic) bond motifs is 2. The fourth-order valence-corrected chi connectivity index (χ4v) is 2.95. The van der Waals surface area contributed by atoms with Crippen LogP contribution in [0.3, 0.4) is 0 Å². The molecule has 0 atom stereocenters. The number of rotatable bonds is 0. The van der Waals surface area contributed by atoms with Gasteiger partial charge in [0.05, 0.1) is 0 Å². The molecule has 14 heavy (non-hydrogen) atoms. The average Bonchev–Trinajstić information content (AvgIpc) is 2.77. The lowest BCUT2D eigenvalue weighted by atomic mass is 9.82. The minimum Gasteiger partial charge on any atom is -0.240 e. The van der Waals surface area contributed by atoms with Crippen LogP contribution in [-0.2, 0) is 5.41 Å². The molecule has 72 valence electrons. The van der Waals surface area contributed by atoms with Gasteiger partial charge in [-0.25, -0.2) is 9.98 Å². The number of nitrogens with zero attached hydrogens (tertiary/aromatic N) is 2. The molecule has 3 rings (SSSR count). The summed E-state index contributed by atoms with van der Waals surface area (Å²) in [7, 11) is 0. The molecule has 1 aliphatic carbocycles. The zero-order valence-electron chi connectivity index (χ0n) is 7.83. The first kappa shape index (κ1) is 8.42. The Morgan fingerprint density at radius 1 is 1.29 bits per heavy atom. The third kappa shape index (κ3) is 0.976. The summed E-state index contributed by atoms with van der Waals surface area (Å²) < 4.78 is 0. The van der Waals surface area contributed by atoms with Crippen LogP contribution in [0.4, 0.5) is 5.82 Å². The molecular weight excluding hydrogens is 196 g/mol. The van der Waals surface area contributed by atoms with Crippen LogP contribution in [0.15, 0.2) is 17.3 Å². The Morgan fingerprint density at radius 2 is 2.07 bits per heavy atom. The molecule has 1 aliphatic heterocycles. The number of aliphatic imine (C=N–C) groups is 1. The maximum Gasteiger partial charge on any atom is 0.157 e. The Hall–Kier alpha value is -0.890. The Balaban J connectivity index is 2.21. The minimum atomic E-state index is 0.126. The first-order chi connectivity index (χ1) is 6.82. The third-order valence-corrected chi connectivity index (χ3v) is 3.62. The fourth-order valence-electron chi connectivity index (χ4n) is 2.62. The van der Waals surface area contributed by atoms with E-state index in [0.29, 0.717) is 0 Å². The van der Waals surface area contributed by atoms with Gasteiger partial charge in [0.25, 0.3) is 0 Å². The predicted molar refractivity (Wildman–Crippen MR) is 57.5 cm³/mol. The van der Waals surface area contributed by atoms with Crippen LogP contribution in [-0.4, -0.2) is 11.2 Å². The highest BCUT2D eigenvalue weighted by atomic mass is 35.5. The molecule has 1 spiro atoms. The summed E-state index contributed by atoms with van der Waals surface area (Å²) in [5.74, 6) is 0.833. The van der Waals surface area contributed by atoms with E-state index in [1.54, 1.807) is 6.20 Å². The van der Waals surface area contributed by atoms with Gasteiger partial charge < -0.3 is 0 Å². The fraction of sp³-hybridized carbons (Fsp3) is 0.455. The second-order valence-corrected chi connectivity index (χ2v) is 4.52. The largest absolute Gasteiger partial charge is 0.240 e. The molecule has 0 amide bonds. The second-order valence-electron chi connectivity index (χ2n) is 4.11. The molecule has 1 fully saturated rings. The highest BCUT2D eigenvalue weighted by Crippen LogP contribution is 2.49. The molecule has 2 nitrogen and oxygen atoms in total. The zero-order valence-corrected chi connectivity index (χ0v) is 8.59. The van der Waals surface area contributed by atoms with Gasteiger partial charge in [-0.1, -0.05) is 24.4 Å². The number of aromatic nitrogens is 1. The van der Waals surface area contributed by atoms with E-state index >= 15 is 0 Å². The van der Waals surface area contributed by atoms with Crippen LogP contribution in [0, 0.1) is 0 Å². The molecule has 1 saturated carbocycles. The normalized spacial score (nSPS) is 21.8. The molecule has 2 heterocycles. The van der Waals surface area contributed by atoms with Gasteiger partial charge in [0.2, 0.25) is 0 Å². The first-order valence-electron chi connectivity index (χ1n) is 5.02. The summed E-state index contributed by atoms with van der Waals surface area (Å²) in [6.45, 7) is 0. The Bertz CT molecular complexity index is 406. The molecule has 0 saturated heterocycles. The van der Waals surface area contributed by atoms with Crippen molar-refractivity contribution < 1.29 is 0 Å². The van der Waals surface area contributed by atoms with Crippen molar-refractivity contribution >= 4 is 23.6 Å². The lowest BCUT2D eigenvalue weighted by molar-refractivity contribution is 0.624. The number of hydrogen-bond donors (Lipinski definition) is 0. The Kier molecular flexibility index (Phi) is 1.68. The van der Waals surface area contributed by atoms with Crippen LogP contribution in [0.2, 0.25) is 5.02 Å². The van der Waals surface area contributed by atoms with Gasteiger partial charge in [0.1, 0.15) is 0 Å². The molecule has 1 aromatic heterocycles. The van der Waals surface area contributed by atoms with Crippen LogP contribution in [0.1, 0.15) is 31.2 Å². The standard InChI is InChI=1S/C11H11ClN2/c12-8-3-6-13-10-9(8)11(7-14-10)4-1-2-5-11/h3,6-7H,1-2,4-5H2. The average molecular weight is 207 g/mol. The van der Waals surface area contributed by atoms with Crippen molar-refractivity contribution in [3.63, 3.8) is 0 Å². The van der Waals surface area contributed by atoms with Gasteiger partial charge in [0, 0.05) is 28.4 Å². The van der Waals surface area contributed by atoms with Gasteiger partial charge in [-0.2, -0.15) is 0 Å². The number of pyridine rings is 1. The topological polar surface area (TPSA) is 25.2 Å². The Labute approximate surface area is 88.0 Å². The molecule has 0 radical (unpaired) electrons. The molecule has 0 N–H and O–H groups in total. The summed E-state index contributed by atoms with van der Waals surface area (Å²) in [5, 5.41) is 0.828. The quantitative estimate of drug-likeness (QED) is 0.640. The highest BCUT2D eigenvalue weighted by molar-refractivity contribution is 6.32. The lowest BCUT2D eigenvalue weighted by Crippen LogP contribution is -2.21. The monoisotopic (exact) mass is 206 g/mol. The predicted octanol–water partition coefficient (Wildman–Crippen LogP) is 3.26. The van der Waals surface area contributed by atoms with Crippen LogP contribution in [0.5, 0.6) is 0 Å². The van der Waals surface area contributed by atoms with E-state index in [1.807, 2.05) is 6.07 Å². The molecular formula is C11H11ClN2. The molecule has 0 bridgehead atoms. The van der Waals surface area contributed by atoms with Crippen molar-refractivity contribution in [1.29, 1.82) is 0 Å². The smallest absolute Gasteiger partial charge is 0.157 e. The van der Waals surface area contributed by atoms with Gasteiger partial charge in [-0.05, 0) is 18.9 Å². The van der Waals surface area contributed by atoms with E-state index in [2.05, 4.69) is 16.2 Å². The van der Waals surface area contributed by atoms with Gasteiger partial charge in [0.15, 0.2) is 5.82 Å². The summed E-state index contributed by atoms with van der Waals surface area (Å²) in [5.41, 5.74) is 1.29. The number of hydrogen-bond acceptors (Lipinski definition) is 2. The van der Waals surface area contributed by atoms with Gasteiger partial charge in [-0.15, -0.1) is 0 Å².